The van der Waals surface area contributed by atoms with Gasteiger partial charge in [-0.3, -0.25) is 0 Å². The largest absolute Gasteiger partial charge is 0.394 e. The van der Waals surface area contributed by atoms with Crippen LogP contribution >= 0.6 is 0 Å². The van der Waals surface area contributed by atoms with Crippen molar-refractivity contribution in [3.8, 4) is 0 Å². The van der Waals surface area contributed by atoms with Crippen LogP contribution in [0.3, 0.4) is 0 Å². The van der Waals surface area contributed by atoms with Crippen molar-refractivity contribution in [2.45, 2.75) is 51.2 Å². The standard InChI is InChI=1S/C10H18O5/c1-4-12-9-8-7(6(5-11)13-9)14-10(2,3)15-8/h6-9,11H,4-5H2,1-3H3/t6-,7-,8-,9-/m1/s1. The van der Waals surface area contributed by atoms with Gasteiger partial charge in [0.15, 0.2) is 12.1 Å². The Bertz CT molecular complexity index is 230. The molecule has 0 aliphatic carbocycles. The molecule has 0 unspecified atom stereocenters. The number of hydrogen-bond acceptors (Lipinski definition) is 5. The smallest absolute Gasteiger partial charge is 0.187 e. The summed E-state index contributed by atoms with van der Waals surface area (Å²) in [7, 11) is 0. The summed E-state index contributed by atoms with van der Waals surface area (Å²) in [5, 5.41) is 9.15. The van der Waals surface area contributed by atoms with Gasteiger partial charge in [0.05, 0.1) is 6.61 Å². The van der Waals surface area contributed by atoms with Crippen molar-refractivity contribution in [3.05, 3.63) is 0 Å². The van der Waals surface area contributed by atoms with Crippen LogP contribution in [0.5, 0.6) is 0 Å². The van der Waals surface area contributed by atoms with Crippen LogP contribution in [-0.2, 0) is 18.9 Å². The number of ether oxygens (including phenoxy) is 4. The zero-order valence-corrected chi connectivity index (χ0v) is 9.30. The number of fused-ring (bicyclic) bond motifs is 1. The van der Waals surface area contributed by atoms with Crippen molar-refractivity contribution >= 4 is 0 Å². The molecule has 5 nitrogen and oxygen atoms in total. The van der Waals surface area contributed by atoms with Crippen molar-refractivity contribution in [1.82, 2.24) is 0 Å². The molecule has 2 heterocycles. The molecule has 0 aromatic heterocycles. The molecule has 0 saturated carbocycles. The Morgan fingerprint density at radius 2 is 1.93 bits per heavy atom. The van der Waals surface area contributed by atoms with Crippen LogP contribution < -0.4 is 0 Å². The summed E-state index contributed by atoms with van der Waals surface area (Å²) in [6.07, 6.45) is -1.26. The van der Waals surface area contributed by atoms with E-state index in [9.17, 15) is 0 Å². The zero-order chi connectivity index (χ0) is 11.1. The first-order valence-electron chi connectivity index (χ1n) is 5.31. The highest BCUT2D eigenvalue weighted by atomic mass is 16.8. The van der Waals surface area contributed by atoms with E-state index < -0.39 is 12.1 Å². The lowest BCUT2D eigenvalue weighted by atomic mass is 10.1. The molecule has 0 spiro atoms. The van der Waals surface area contributed by atoms with E-state index in [2.05, 4.69) is 0 Å². The van der Waals surface area contributed by atoms with Crippen LogP contribution in [0.2, 0.25) is 0 Å². The molecule has 1 N–H and O–H groups in total. The third kappa shape index (κ3) is 2.03. The molecule has 0 aromatic carbocycles. The predicted molar refractivity (Wildman–Crippen MR) is 51.2 cm³/mol. The lowest BCUT2D eigenvalue weighted by Crippen LogP contribution is -2.32. The Labute approximate surface area is 89.3 Å². The fourth-order valence-electron chi connectivity index (χ4n) is 2.09. The minimum atomic E-state index is -0.623. The van der Waals surface area contributed by atoms with Gasteiger partial charge in [0.25, 0.3) is 0 Å². The average molecular weight is 218 g/mol. The molecule has 15 heavy (non-hydrogen) atoms. The normalized spacial score (nSPS) is 43.2. The van der Waals surface area contributed by atoms with Gasteiger partial charge in [-0.05, 0) is 20.8 Å². The van der Waals surface area contributed by atoms with E-state index in [1.165, 1.54) is 0 Å². The van der Waals surface area contributed by atoms with Crippen molar-refractivity contribution < 1.29 is 24.1 Å². The van der Waals surface area contributed by atoms with Crippen LogP contribution in [0.1, 0.15) is 20.8 Å². The highest BCUT2D eigenvalue weighted by molar-refractivity contribution is 4.94. The summed E-state index contributed by atoms with van der Waals surface area (Å²) in [5.74, 6) is -0.623. The van der Waals surface area contributed by atoms with Crippen molar-refractivity contribution in [2.24, 2.45) is 0 Å². The van der Waals surface area contributed by atoms with E-state index in [0.717, 1.165) is 0 Å². The summed E-state index contributed by atoms with van der Waals surface area (Å²) >= 11 is 0. The maximum absolute atomic E-state index is 9.15. The van der Waals surface area contributed by atoms with Crippen molar-refractivity contribution in [1.29, 1.82) is 0 Å². The molecule has 2 aliphatic heterocycles. The van der Waals surface area contributed by atoms with Gasteiger partial charge < -0.3 is 24.1 Å². The molecule has 2 fully saturated rings. The Kier molecular flexibility index (Phi) is 3.00. The monoisotopic (exact) mass is 218 g/mol. The van der Waals surface area contributed by atoms with E-state index >= 15 is 0 Å². The van der Waals surface area contributed by atoms with Crippen molar-refractivity contribution in [2.75, 3.05) is 13.2 Å². The molecular formula is C10H18O5. The maximum Gasteiger partial charge on any atom is 0.187 e. The molecule has 5 heteroatoms. The second-order valence-electron chi connectivity index (χ2n) is 4.25. The molecule has 0 bridgehead atoms. The molecule has 88 valence electrons. The van der Waals surface area contributed by atoms with Gasteiger partial charge in [0.2, 0.25) is 0 Å². The van der Waals surface area contributed by atoms with Crippen LogP contribution in [0.25, 0.3) is 0 Å². The summed E-state index contributed by atoms with van der Waals surface area (Å²) < 4.78 is 22.2. The molecule has 0 aromatic rings. The molecular weight excluding hydrogens is 200 g/mol. The highest BCUT2D eigenvalue weighted by Gasteiger charge is 2.55. The van der Waals surface area contributed by atoms with Crippen LogP contribution in [0.15, 0.2) is 0 Å². The summed E-state index contributed by atoms with van der Waals surface area (Å²) in [4.78, 5) is 0. The summed E-state index contributed by atoms with van der Waals surface area (Å²) in [5.41, 5.74) is 0. The van der Waals surface area contributed by atoms with Gasteiger partial charge in [-0.25, -0.2) is 0 Å². The Morgan fingerprint density at radius 1 is 1.27 bits per heavy atom. The zero-order valence-electron chi connectivity index (χ0n) is 9.30. The second-order valence-corrected chi connectivity index (χ2v) is 4.25. The highest BCUT2D eigenvalue weighted by Crippen LogP contribution is 2.38. The minimum Gasteiger partial charge on any atom is -0.394 e. The number of aliphatic hydroxyl groups excluding tert-OH is 1. The lowest BCUT2D eigenvalue weighted by Gasteiger charge is -2.23. The van der Waals surface area contributed by atoms with E-state index in [0.29, 0.717) is 6.61 Å². The second kappa shape index (κ2) is 3.99. The summed E-state index contributed by atoms with van der Waals surface area (Å²) in [6.45, 7) is 6.07. The van der Waals surface area contributed by atoms with Crippen molar-refractivity contribution in [3.63, 3.8) is 0 Å². The Hall–Kier alpha value is -0.200. The lowest BCUT2D eigenvalue weighted by molar-refractivity contribution is -0.235. The number of rotatable bonds is 3. The number of aliphatic hydroxyl groups is 1. The van der Waals surface area contributed by atoms with E-state index in [1.807, 2.05) is 20.8 Å². The van der Waals surface area contributed by atoms with Gasteiger partial charge >= 0.3 is 0 Å². The molecule has 2 saturated heterocycles. The SMILES string of the molecule is CCO[C@@H]1O[C@H](CO)[C@H]2OC(C)(C)O[C@@H]12. The van der Waals surface area contributed by atoms with Gasteiger partial charge in [0.1, 0.15) is 18.3 Å². The van der Waals surface area contributed by atoms with E-state index in [-0.39, 0.29) is 24.9 Å². The molecule has 2 aliphatic rings. The van der Waals surface area contributed by atoms with Gasteiger partial charge in [0, 0.05) is 6.61 Å². The summed E-state index contributed by atoms with van der Waals surface area (Å²) in [6, 6.07) is 0. The third-order valence-corrected chi connectivity index (χ3v) is 2.62. The average Bonchev–Trinajstić information content (AvgIpc) is 2.61. The van der Waals surface area contributed by atoms with Gasteiger partial charge in [-0.1, -0.05) is 0 Å². The fraction of sp³-hybridized carbons (Fsp3) is 1.00. The van der Waals surface area contributed by atoms with E-state index in [4.69, 9.17) is 24.1 Å². The predicted octanol–water partition coefficient (Wildman–Crippen LogP) is 0.260. The minimum absolute atomic E-state index is 0.0792. The molecule has 0 amide bonds. The number of hydrogen-bond donors (Lipinski definition) is 1. The third-order valence-electron chi connectivity index (χ3n) is 2.62. The fourth-order valence-corrected chi connectivity index (χ4v) is 2.09. The first kappa shape index (κ1) is 11.3. The van der Waals surface area contributed by atoms with Crippen LogP contribution in [0.4, 0.5) is 0 Å². The first-order chi connectivity index (χ1) is 7.07. The topological polar surface area (TPSA) is 57.2 Å². The Balaban J connectivity index is 2.08. The van der Waals surface area contributed by atoms with Crippen LogP contribution in [0, 0.1) is 0 Å². The first-order valence-corrected chi connectivity index (χ1v) is 5.31. The quantitative estimate of drug-likeness (QED) is 0.736. The maximum atomic E-state index is 9.15. The Morgan fingerprint density at radius 3 is 2.53 bits per heavy atom. The van der Waals surface area contributed by atoms with E-state index in [1.54, 1.807) is 0 Å². The van der Waals surface area contributed by atoms with Crippen LogP contribution in [-0.4, -0.2) is 48.7 Å². The van der Waals surface area contributed by atoms with Gasteiger partial charge in [-0.2, -0.15) is 0 Å². The molecule has 2 rings (SSSR count). The van der Waals surface area contributed by atoms with Gasteiger partial charge in [-0.15, -0.1) is 0 Å². The molecule has 4 atom stereocenters. The molecule has 0 radical (unpaired) electrons.